The second kappa shape index (κ2) is 11.0. The van der Waals surface area contributed by atoms with Crippen LogP contribution < -0.4 is 4.72 Å². The van der Waals surface area contributed by atoms with Gasteiger partial charge in [0.2, 0.25) is 0 Å². The molecule has 2 aromatic carbocycles. The summed E-state index contributed by atoms with van der Waals surface area (Å²) < 4.78 is 43.2. The van der Waals surface area contributed by atoms with Crippen LogP contribution in [0.2, 0.25) is 0 Å². The normalized spacial score (nSPS) is 15.4. The smallest absolute Gasteiger partial charge is 0.374 e. The van der Waals surface area contributed by atoms with Gasteiger partial charge in [-0.15, -0.1) is 0 Å². The Morgan fingerprint density at radius 3 is 2.34 bits per heavy atom. The van der Waals surface area contributed by atoms with E-state index in [4.69, 9.17) is 0 Å². The molecule has 5 rings (SSSR count). The number of carbonyl (C=O) groups is 1. The molecule has 2 N–H and O–H groups in total. The summed E-state index contributed by atoms with van der Waals surface area (Å²) in [5.74, 6) is -0.172. The maximum Gasteiger partial charge on any atom is 0.433 e. The Labute approximate surface area is 221 Å². The molecule has 1 aliphatic rings. The number of aromatic nitrogens is 2. The van der Waals surface area contributed by atoms with Crippen LogP contribution in [-0.2, 0) is 6.18 Å². The van der Waals surface area contributed by atoms with Gasteiger partial charge in [0.15, 0.2) is 5.69 Å². The number of nitrogens with one attached hydrogen (secondary N) is 1. The van der Waals surface area contributed by atoms with Crippen LogP contribution in [0.3, 0.4) is 0 Å². The van der Waals surface area contributed by atoms with Crippen molar-refractivity contribution in [1.29, 1.82) is 0 Å². The lowest BCUT2D eigenvalue weighted by Crippen LogP contribution is -2.49. The van der Waals surface area contributed by atoms with Gasteiger partial charge in [0.25, 0.3) is 5.91 Å². The van der Waals surface area contributed by atoms with Gasteiger partial charge in [0.05, 0.1) is 10.4 Å². The maximum absolute atomic E-state index is 13.3. The van der Waals surface area contributed by atoms with Crippen LogP contribution in [0.5, 0.6) is 0 Å². The van der Waals surface area contributed by atoms with Crippen LogP contribution >= 0.6 is 11.9 Å². The molecule has 1 atom stereocenters. The zero-order valence-electron chi connectivity index (χ0n) is 20.1. The molecule has 1 saturated heterocycles. The van der Waals surface area contributed by atoms with Crippen molar-refractivity contribution in [2.45, 2.75) is 17.3 Å². The lowest BCUT2D eigenvalue weighted by molar-refractivity contribution is -0.144. The van der Waals surface area contributed by atoms with Crippen molar-refractivity contribution >= 4 is 34.4 Å². The predicted molar refractivity (Wildman–Crippen MR) is 139 cm³/mol. The second-order valence-corrected chi connectivity index (χ2v) is 9.60. The summed E-state index contributed by atoms with van der Waals surface area (Å²) in [6.45, 7) is 1.02. The summed E-state index contributed by atoms with van der Waals surface area (Å²) in [6.07, 6.45) is -3.32. The quantitative estimate of drug-likeness (QED) is 0.325. The number of hydrogen-bond acceptors (Lipinski definition) is 7. The molecular weight excluding hydrogens is 515 g/mol. The predicted octanol–water partition coefficient (Wildman–Crippen LogP) is 5.22. The number of pyridine rings is 2. The van der Waals surface area contributed by atoms with Crippen LogP contribution in [-0.4, -0.2) is 57.0 Å². The van der Waals surface area contributed by atoms with Gasteiger partial charge in [-0.1, -0.05) is 24.3 Å². The molecule has 3 heterocycles. The number of benzene rings is 2. The minimum absolute atomic E-state index is 0.172. The number of rotatable bonds is 6. The third kappa shape index (κ3) is 5.59. The Morgan fingerprint density at radius 1 is 0.921 bits per heavy atom. The highest BCUT2D eigenvalue weighted by Crippen LogP contribution is 2.34. The molecule has 1 aliphatic heterocycles. The number of halogens is 3. The van der Waals surface area contributed by atoms with Crippen molar-refractivity contribution in [2.75, 3.05) is 30.9 Å². The maximum atomic E-state index is 13.3. The molecule has 0 spiro atoms. The summed E-state index contributed by atoms with van der Waals surface area (Å²) >= 11 is 1.44. The van der Waals surface area contributed by atoms with Crippen molar-refractivity contribution in [3.8, 4) is 0 Å². The molecule has 2 aromatic heterocycles. The Balaban J connectivity index is 1.18. The SMILES string of the molecule is O=C(c1ccc(NSc2cccc3cccnc23)cc1)N1CCN(C(O)c2cccnc2C(F)(F)F)CC1. The molecule has 7 nitrogen and oxygen atoms in total. The Morgan fingerprint density at radius 2 is 1.61 bits per heavy atom. The van der Waals surface area contributed by atoms with Crippen LogP contribution in [0.4, 0.5) is 18.9 Å². The number of para-hydroxylation sites is 1. The van der Waals surface area contributed by atoms with E-state index in [9.17, 15) is 23.1 Å². The van der Waals surface area contributed by atoms with Gasteiger partial charge < -0.3 is 14.7 Å². The molecule has 1 unspecified atom stereocenters. The molecule has 0 aliphatic carbocycles. The minimum Gasteiger partial charge on any atom is -0.374 e. The van der Waals surface area contributed by atoms with Crippen molar-refractivity contribution in [2.24, 2.45) is 0 Å². The average Bonchev–Trinajstić information content (AvgIpc) is 2.95. The van der Waals surface area contributed by atoms with Crippen molar-refractivity contribution < 1.29 is 23.1 Å². The Hall–Kier alpha value is -3.67. The second-order valence-electron chi connectivity index (χ2n) is 8.75. The first-order valence-corrected chi connectivity index (χ1v) is 12.7. The highest BCUT2D eigenvalue weighted by molar-refractivity contribution is 8.00. The average molecular weight is 540 g/mol. The fraction of sp³-hybridized carbons (Fsp3) is 0.222. The first-order chi connectivity index (χ1) is 18.3. The number of carbonyl (C=O) groups excluding carboxylic acids is 1. The van der Waals surface area contributed by atoms with Gasteiger partial charge in [-0.2, -0.15) is 13.2 Å². The summed E-state index contributed by atoms with van der Waals surface area (Å²) in [5, 5.41) is 11.7. The van der Waals surface area contributed by atoms with Crippen LogP contribution in [0.25, 0.3) is 10.9 Å². The molecule has 1 fully saturated rings. The lowest BCUT2D eigenvalue weighted by Gasteiger charge is -2.37. The molecule has 0 saturated carbocycles. The van der Waals surface area contributed by atoms with Crippen LogP contribution in [0.15, 0.2) is 84.0 Å². The molecule has 38 heavy (non-hydrogen) atoms. The van der Waals surface area contributed by atoms with Crippen molar-refractivity contribution in [3.05, 3.63) is 95.9 Å². The Bertz CT molecular complexity index is 1420. The molecule has 4 aromatic rings. The van der Waals surface area contributed by atoms with E-state index < -0.39 is 18.1 Å². The fourth-order valence-corrected chi connectivity index (χ4v) is 5.14. The van der Waals surface area contributed by atoms with E-state index in [1.807, 2.05) is 42.5 Å². The number of alkyl halides is 3. The number of fused-ring (bicyclic) bond motifs is 1. The molecular formula is C27H24F3N5O2S. The van der Waals surface area contributed by atoms with Gasteiger partial charge in [-0.25, -0.2) is 0 Å². The molecule has 1 amide bonds. The van der Waals surface area contributed by atoms with Crippen molar-refractivity contribution in [3.63, 3.8) is 0 Å². The van der Waals surface area contributed by atoms with Gasteiger partial charge in [-0.3, -0.25) is 19.7 Å². The first kappa shape index (κ1) is 26.0. The van der Waals surface area contributed by atoms with E-state index in [1.54, 1.807) is 23.2 Å². The highest BCUT2D eigenvalue weighted by Gasteiger charge is 2.38. The largest absolute Gasteiger partial charge is 0.433 e. The number of hydrogen-bond donors (Lipinski definition) is 2. The number of nitrogens with zero attached hydrogens (tertiary/aromatic N) is 4. The number of anilines is 1. The summed E-state index contributed by atoms with van der Waals surface area (Å²) in [4.78, 5) is 25.0. The van der Waals surface area contributed by atoms with Gasteiger partial charge in [-0.05, 0) is 54.4 Å². The molecule has 11 heteroatoms. The number of aliphatic hydroxyl groups is 1. The topological polar surface area (TPSA) is 81.6 Å². The molecule has 0 bridgehead atoms. The van der Waals surface area contributed by atoms with Crippen LogP contribution in [0, 0.1) is 0 Å². The van der Waals surface area contributed by atoms with Gasteiger partial charge >= 0.3 is 6.18 Å². The number of aliphatic hydroxyl groups excluding tert-OH is 1. The van der Waals surface area contributed by atoms with E-state index in [0.717, 1.165) is 27.7 Å². The van der Waals surface area contributed by atoms with Crippen LogP contribution in [0.1, 0.15) is 27.8 Å². The van der Waals surface area contributed by atoms with Gasteiger partial charge in [0, 0.05) is 60.8 Å². The zero-order chi connectivity index (χ0) is 26.7. The summed E-state index contributed by atoms with van der Waals surface area (Å²) in [5.41, 5.74) is 0.841. The standard InChI is InChI=1S/C27H24F3N5O2S/c28-27(29,30)24-21(6-3-13-32-24)26(37)35-16-14-34(15-17-35)25(36)19-8-10-20(11-9-19)33-38-22-7-1-4-18-5-2-12-31-23(18)22/h1-13,26,33,37H,14-17H2. The third-order valence-corrected chi connectivity index (χ3v) is 7.23. The van der Waals surface area contributed by atoms with E-state index in [0.29, 0.717) is 5.56 Å². The van der Waals surface area contributed by atoms with E-state index in [-0.39, 0.29) is 37.6 Å². The number of amides is 1. The first-order valence-electron chi connectivity index (χ1n) is 11.9. The molecule has 196 valence electrons. The zero-order valence-corrected chi connectivity index (χ0v) is 20.9. The highest BCUT2D eigenvalue weighted by atomic mass is 32.2. The third-order valence-electron chi connectivity index (χ3n) is 6.34. The lowest BCUT2D eigenvalue weighted by atomic mass is 10.1. The minimum atomic E-state index is -4.67. The number of piperazine rings is 1. The Kier molecular flexibility index (Phi) is 7.50. The fourth-order valence-electron chi connectivity index (χ4n) is 4.37. The van der Waals surface area contributed by atoms with Gasteiger partial charge in [0.1, 0.15) is 6.23 Å². The van der Waals surface area contributed by atoms with E-state index in [2.05, 4.69) is 14.7 Å². The monoisotopic (exact) mass is 539 g/mol. The van der Waals surface area contributed by atoms with Crippen molar-refractivity contribution in [1.82, 2.24) is 19.8 Å². The summed E-state index contributed by atoms with van der Waals surface area (Å²) in [7, 11) is 0. The molecule has 0 radical (unpaired) electrons. The van der Waals surface area contributed by atoms with E-state index in [1.165, 1.54) is 29.0 Å². The van der Waals surface area contributed by atoms with E-state index >= 15 is 0 Å². The summed E-state index contributed by atoms with van der Waals surface area (Å²) in [6, 6.07) is 19.6.